The second-order valence-corrected chi connectivity index (χ2v) is 7.14. The number of anilines is 1. The molecule has 0 amide bonds. The molecule has 1 aromatic carbocycles. The molecule has 1 unspecified atom stereocenters. The van der Waals surface area contributed by atoms with Gasteiger partial charge < -0.3 is 10.8 Å². The van der Waals surface area contributed by atoms with Crippen LogP contribution in [0.15, 0.2) is 17.0 Å². The number of sulfonamides is 1. The molecule has 0 spiro atoms. The molecule has 6 heteroatoms. The highest BCUT2D eigenvalue weighted by Crippen LogP contribution is 2.23. The second kappa shape index (κ2) is 5.11. The summed E-state index contributed by atoms with van der Waals surface area (Å²) in [6.07, 6.45) is -0.814. The highest BCUT2D eigenvalue weighted by molar-refractivity contribution is 7.89. The number of benzene rings is 1. The van der Waals surface area contributed by atoms with Crippen molar-refractivity contribution in [2.45, 2.75) is 51.2 Å². The van der Waals surface area contributed by atoms with Crippen LogP contribution in [0.5, 0.6) is 0 Å². The summed E-state index contributed by atoms with van der Waals surface area (Å²) in [7, 11) is -3.71. The van der Waals surface area contributed by atoms with Crippen LogP contribution in [0.25, 0.3) is 0 Å². The van der Waals surface area contributed by atoms with Crippen LogP contribution in [0.4, 0.5) is 5.69 Å². The fourth-order valence-electron chi connectivity index (χ4n) is 1.50. The van der Waals surface area contributed by atoms with E-state index in [1.807, 2.05) is 13.8 Å². The van der Waals surface area contributed by atoms with Gasteiger partial charge in [-0.2, -0.15) is 0 Å². The topological polar surface area (TPSA) is 92.4 Å². The third-order valence-electron chi connectivity index (χ3n) is 3.43. The maximum atomic E-state index is 12.3. The predicted molar refractivity (Wildman–Crippen MR) is 76.4 cm³/mol. The lowest BCUT2D eigenvalue weighted by Crippen LogP contribution is -2.50. The third-order valence-corrected chi connectivity index (χ3v) is 5.08. The molecule has 1 rings (SSSR count). The molecule has 0 aromatic heterocycles. The van der Waals surface area contributed by atoms with E-state index in [1.54, 1.807) is 19.9 Å². The van der Waals surface area contributed by atoms with E-state index in [4.69, 9.17) is 5.73 Å². The molecule has 0 bridgehead atoms. The van der Waals surface area contributed by atoms with Crippen LogP contribution in [0.3, 0.4) is 0 Å². The van der Waals surface area contributed by atoms with Gasteiger partial charge in [0.15, 0.2) is 0 Å². The molecule has 5 nitrogen and oxygen atoms in total. The Morgan fingerprint density at radius 1 is 1.32 bits per heavy atom. The first kappa shape index (κ1) is 15.9. The summed E-state index contributed by atoms with van der Waals surface area (Å²) in [5, 5.41) is 9.59. The van der Waals surface area contributed by atoms with Crippen LogP contribution in [-0.4, -0.2) is 25.2 Å². The zero-order valence-electron chi connectivity index (χ0n) is 12.0. The minimum atomic E-state index is -3.71. The highest BCUT2D eigenvalue weighted by atomic mass is 32.2. The molecular weight excluding hydrogens is 264 g/mol. The molecule has 0 aliphatic heterocycles. The van der Waals surface area contributed by atoms with E-state index in [0.717, 1.165) is 11.1 Å². The lowest BCUT2D eigenvalue weighted by Gasteiger charge is -2.29. The van der Waals surface area contributed by atoms with Crippen molar-refractivity contribution in [3.63, 3.8) is 0 Å². The molecular formula is C13H22N2O3S. The fraction of sp³-hybridized carbons (Fsp3) is 0.538. The van der Waals surface area contributed by atoms with Crippen molar-refractivity contribution < 1.29 is 13.5 Å². The minimum absolute atomic E-state index is 0.113. The van der Waals surface area contributed by atoms with E-state index < -0.39 is 21.7 Å². The minimum Gasteiger partial charge on any atom is -0.398 e. The van der Waals surface area contributed by atoms with Gasteiger partial charge in [0.05, 0.1) is 16.5 Å². The molecule has 0 aliphatic rings. The zero-order chi connectivity index (χ0) is 15.0. The van der Waals surface area contributed by atoms with Crippen molar-refractivity contribution in [1.29, 1.82) is 0 Å². The van der Waals surface area contributed by atoms with Crippen molar-refractivity contribution >= 4 is 15.7 Å². The standard InChI is InChI=1S/C13H22N2O3S/c1-8-6-11(7-12(14)9(8)2)19(17,18)15-13(4,5)10(3)16/h6-7,10,15-16H,14H2,1-5H3. The monoisotopic (exact) mass is 286 g/mol. The van der Waals surface area contributed by atoms with Crippen LogP contribution in [0.2, 0.25) is 0 Å². The summed E-state index contributed by atoms with van der Waals surface area (Å²) in [4.78, 5) is 0.113. The number of hydrogen-bond donors (Lipinski definition) is 3. The Morgan fingerprint density at radius 2 is 1.84 bits per heavy atom. The number of aryl methyl sites for hydroxylation is 1. The average molecular weight is 286 g/mol. The maximum absolute atomic E-state index is 12.3. The lowest BCUT2D eigenvalue weighted by atomic mass is 10.0. The maximum Gasteiger partial charge on any atom is 0.241 e. The lowest BCUT2D eigenvalue weighted by molar-refractivity contribution is 0.111. The summed E-state index contributed by atoms with van der Waals surface area (Å²) >= 11 is 0. The number of nitrogens with two attached hydrogens (primary N) is 1. The molecule has 4 N–H and O–H groups in total. The van der Waals surface area contributed by atoms with Gasteiger partial charge in [0.1, 0.15) is 0 Å². The number of nitrogens with one attached hydrogen (secondary N) is 1. The van der Waals surface area contributed by atoms with Crippen LogP contribution >= 0.6 is 0 Å². The van der Waals surface area contributed by atoms with Crippen molar-refractivity contribution in [2.24, 2.45) is 0 Å². The quantitative estimate of drug-likeness (QED) is 0.728. The van der Waals surface area contributed by atoms with E-state index in [1.165, 1.54) is 13.0 Å². The highest BCUT2D eigenvalue weighted by Gasteiger charge is 2.30. The Bertz CT molecular complexity index is 555. The van der Waals surface area contributed by atoms with Crippen LogP contribution < -0.4 is 10.5 Å². The average Bonchev–Trinajstić information content (AvgIpc) is 2.23. The Labute approximate surface area is 114 Å². The summed E-state index contributed by atoms with van der Waals surface area (Å²) < 4.78 is 27.1. The largest absolute Gasteiger partial charge is 0.398 e. The molecule has 0 saturated heterocycles. The molecule has 1 atom stereocenters. The number of aliphatic hydroxyl groups is 1. The van der Waals surface area contributed by atoms with Crippen molar-refractivity contribution in [3.8, 4) is 0 Å². The van der Waals surface area contributed by atoms with Gasteiger partial charge in [-0.25, -0.2) is 13.1 Å². The molecule has 0 radical (unpaired) electrons. The summed E-state index contributed by atoms with van der Waals surface area (Å²) in [6.45, 7) is 8.44. The van der Waals surface area contributed by atoms with E-state index in [2.05, 4.69) is 4.72 Å². The van der Waals surface area contributed by atoms with Crippen LogP contribution in [0, 0.1) is 13.8 Å². The van der Waals surface area contributed by atoms with Gasteiger partial charge in [0.25, 0.3) is 0 Å². The first-order valence-electron chi connectivity index (χ1n) is 6.06. The van der Waals surface area contributed by atoms with Gasteiger partial charge in [0, 0.05) is 5.69 Å². The number of nitrogen functional groups attached to an aromatic ring is 1. The first-order valence-corrected chi connectivity index (χ1v) is 7.54. The number of rotatable bonds is 4. The van der Waals surface area contributed by atoms with Gasteiger partial charge in [-0.15, -0.1) is 0 Å². The summed E-state index contributed by atoms with van der Waals surface area (Å²) in [6, 6.07) is 3.01. The second-order valence-electron chi connectivity index (χ2n) is 5.46. The number of aliphatic hydroxyl groups excluding tert-OH is 1. The van der Waals surface area contributed by atoms with Crippen LogP contribution in [0.1, 0.15) is 31.9 Å². The molecule has 1 aromatic rings. The van der Waals surface area contributed by atoms with Gasteiger partial charge in [-0.3, -0.25) is 0 Å². The molecule has 0 heterocycles. The summed E-state index contributed by atoms with van der Waals surface area (Å²) in [5.41, 5.74) is 6.97. The third kappa shape index (κ3) is 3.46. The Kier molecular flexibility index (Phi) is 4.29. The Hall–Kier alpha value is -1.11. The SMILES string of the molecule is Cc1cc(S(=O)(=O)NC(C)(C)C(C)O)cc(N)c1C. The van der Waals surface area contributed by atoms with Gasteiger partial charge in [-0.05, 0) is 57.9 Å². The van der Waals surface area contributed by atoms with Crippen molar-refractivity contribution in [2.75, 3.05) is 5.73 Å². The molecule has 0 aliphatic carbocycles. The normalized spacial score (nSPS) is 14.4. The number of hydrogen-bond acceptors (Lipinski definition) is 4. The smallest absolute Gasteiger partial charge is 0.241 e. The Balaban J connectivity index is 3.22. The van der Waals surface area contributed by atoms with E-state index >= 15 is 0 Å². The van der Waals surface area contributed by atoms with E-state index in [9.17, 15) is 13.5 Å². The van der Waals surface area contributed by atoms with E-state index in [0.29, 0.717) is 5.69 Å². The van der Waals surface area contributed by atoms with Crippen molar-refractivity contribution in [1.82, 2.24) is 4.72 Å². The van der Waals surface area contributed by atoms with Crippen molar-refractivity contribution in [3.05, 3.63) is 23.3 Å². The van der Waals surface area contributed by atoms with Gasteiger partial charge in [0.2, 0.25) is 10.0 Å². The molecule has 19 heavy (non-hydrogen) atoms. The van der Waals surface area contributed by atoms with Gasteiger partial charge in [-0.1, -0.05) is 0 Å². The molecule has 0 fully saturated rings. The Morgan fingerprint density at radius 3 is 2.26 bits per heavy atom. The fourth-order valence-corrected chi connectivity index (χ4v) is 3.09. The predicted octanol–water partition coefficient (Wildman–Crippen LogP) is 1.32. The van der Waals surface area contributed by atoms with E-state index in [-0.39, 0.29) is 4.90 Å². The summed E-state index contributed by atoms with van der Waals surface area (Å²) in [5.74, 6) is 0. The van der Waals surface area contributed by atoms with Crippen LogP contribution in [-0.2, 0) is 10.0 Å². The zero-order valence-corrected chi connectivity index (χ0v) is 12.8. The molecule has 0 saturated carbocycles. The first-order chi connectivity index (χ1) is 8.47. The van der Waals surface area contributed by atoms with Gasteiger partial charge >= 0.3 is 0 Å². The molecule has 108 valence electrons.